The summed E-state index contributed by atoms with van der Waals surface area (Å²) in [5.41, 5.74) is 1.33. The molecule has 1 amide bonds. The molecule has 0 saturated carbocycles. The molecule has 0 aliphatic rings. The van der Waals surface area contributed by atoms with Crippen molar-refractivity contribution in [1.82, 2.24) is 0 Å². The smallest absolute Gasteiger partial charge is 0.338 e. The Morgan fingerprint density at radius 3 is 2.43 bits per heavy atom. The molecule has 5 nitrogen and oxygen atoms in total. The number of hydrogen-bond acceptors (Lipinski definition) is 4. The van der Waals surface area contributed by atoms with E-state index in [0.29, 0.717) is 23.4 Å². The van der Waals surface area contributed by atoms with E-state index in [2.05, 4.69) is 5.32 Å². The van der Waals surface area contributed by atoms with E-state index in [1.54, 1.807) is 43.3 Å². The highest BCUT2D eigenvalue weighted by Gasteiger charge is 2.09. The predicted octanol–water partition coefficient (Wildman–Crippen LogP) is 2.82. The molecular formula is C16H15NO4. The van der Waals surface area contributed by atoms with Crippen LogP contribution in [0.1, 0.15) is 27.6 Å². The Kier molecular flexibility index (Phi) is 4.56. The summed E-state index contributed by atoms with van der Waals surface area (Å²) >= 11 is 0. The fraction of sp³-hybridized carbons (Fsp3) is 0.125. The zero-order chi connectivity index (χ0) is 15.2. The first-order valence-corrected chi connectivity index (χ1v) is 6.47. The molecule has 0 aliphatic carbocycles. The summed E-state index contributed by atoms with van der Waals surface area (Å²) in [5, 5.41) is 12.0. The Hall–Kier alpha value is -2.82. The van der Waals surface area contributed by atoms with Gasteiger partial charge in [-0.3, -0.25) is 4.79 Å². The number of hydrogen-bond donors (Lipinski definition) is 2. The normalized spacial score (nSPS) is 9.95. The molecule has 2 aromatic rings. The van der Waals surface area contributed by atoms with Gasteiger partial charge in [0.15, 0.2) is 0 Å². The highest BCUT2D eigenvalue weighted by molar-refractivity contribution is 6.04. The van der Waals surface area contributed by atoms with Crippen molar-refractivity contribution in [3.8, 4) is 5.75 Å². The standard InChI is InChI=1S/C16H15NO4/c1-2-21-16(20)11-6-8-13(9-7-11)17-15(19)12-4-3-5-14(18)10-12/h3-10,18H,2H2,1H3,(H,17,19). The van der Waals surface area contributed by atoms with Gasteiger partial charge in [-0.25, -0.2) is 4.79 Å². The monoisotopic (exact) mass is 285 g/mol. The lowest BCUT2D eigenvalue weighted by Gasteiger charge is -2.07. The van der Waals surface area contributed by atoms with Crippen molar-refractivity contribution in [1.29, 1.82) is 0 Å². The first-order chi connectivity index (χ1) is 10.1. The predicted molar refractivity (Wildman–Crippen MR) is 78.5 cm³/mol. The SMILES string of the molecule is CCOC(=O)c1ccc(NC(=O)c2cccc(O)c2)cc1. The number of carbonyl (C=O) groups excluding carboxylic acids is 2. The molecule has 0 saturated heterocycles. The molecule has 5 heteroatoms. The lowest BCUT2D eigenvalue weighted by atomic mass is 10.1. The highest BCUT2D eigenvalue weighted by atomic mass is 16.5. The van der Waals surface area contributed by atoms with Crippen LogP contribution >= 0.6 is 0 Å². The second-order valence-electron chi connectivity index (χ2n) is 4.30. The van der Waals surface area contributed by atoms with E-state index in [9.17, 15) is 14.7 Å². The molecule has 0 aromatic heterocycles. The molecule has 0 unspecified atom stereocenters. The van der Waals surface area contributed by atoms with Crippen molar-refractivity contribution in [2.24, 2.45) is 0 Å². The van der Waals surface area contributed by atoms with Gasteiger partial charge in [0.2, 0.25) is 0 Å². The van der Waals surface area contributed by atoms with Crippen molar-refractivity contribution in [3.63, 3.8) is 0 Å². The lowest BCUT2D eigenvalue weighted by Crippen LogP contribution is -2.12. The number of benzene rings is 2. The van der Waals surface area contributed by atoms with Crippen LogP contribution in [0.4, 0.5) is 5.69 Å². The number of aromatic hydroxyl groups is 1. The minimum Gasteiger partial charge on any atom is -0.508 e. The van der Waals surface area contributed by atoms with E-state index in [1.807, 2.05) is 0 Å². The van der Waals surface area contributed by atoms with Crippen molar-refractivity contribution in [3.05, 3.63) is 59.7 Å². The number of amides is 1. The van der Waals surface area contributed by atoms with Crippen LogP contribution < -0.4 is 5.32 Å². The number of carbonyl (C=O) groups is 2. The van der Waals surface area contributed by atoms with Crippen LogP contribution in [0.2, 0.25) is 0 Å². The van der Waals surface area contributed by atoms with E-state index in [4.69, 9.17) is 4.74 Å². The topological polar surface area (TPSA) is 75.6 Å². The first kappa shape index (κ1) is 14.6. The van der Waals surface area contributed by atoms with Crippen LogP contribution in [0.3, 0.4) is 0 Å². The highest BCUT2D eigenvalue weighted by Crippen LogP contribution is 2.15. The Morgan fingerprint density at radius 1 is 1.10 bits per heavy atom. The average Bonchev–Trinajstić information content (AvgIpc) is 2.48. The lowest BCUT2D eigenvalue weighted by molar-refractivity contribution is 0.0526. The third-order valence-corrected chi connectivity index (χ3v) is 2.76. The van der Waals surface area contributed by atoms with Gasteiger partial charge in [-0.2, -0.15) is 0 Å². The number of phenolic OH excluding ortho intramolecular Hbond substituents is 1. The fourth-order valence-corrected chi connectivity index (χ4v) is 1.75. The number of rotatable bonds is 4. The van der Waals surface area contributed by atoms with Gasteiger partial charge in [0, 0.05) is 11.3 Å². The summed E-state index contributed by atoms with van der Waals surface area (Å²) in [4.78, 5) is 23.5. The van der Waals surface area contributed by atoms with Crippen molar-refractivity contribution in [2.45, 2.75) is 6.92 Å². The van der Waals surface area contributed by atoms with E-state index in [1.165, 1.54) is 12.1 Å². The van der Waals surface area contributed by atoms with Gasteiger partial charge >= 0.3 is 5.97 Å². The van der Waals surface area contributed by atoms with Crippen LogP contribution in [0.5, 0.6) is 5.75 Å². The molecule has 0 radical (unpaired) electrons. The molecule has 2 N–H and O–H groups in total. The molecule has 21 heavy (non-hydrogen) atoms. The minimum atomic E-state index is -0.400. The summed E-state index contributed by atoms with van der Waals surface area (Å²) < 4.78 is 4.88. The van der Waals surface area contributed by atoms with Gasteiger partial charge < -0.3 is 15.2 Å². The zero-order valence-electron chi connectivity index (χ0n) is 11.5. The summed E-state index contributed by atoms with van der Waals surface area (Å²) in [5.74, 6) is -0.710. The molecule has 0 atom stereocenters. The summed E-state index contributed by atoms with van der Waals surface area (Å²) in [6, 6.07) is 12.5. The van der Waals surface area contributed by atoms with Crippen molar-refractivity contribution >= 4 is 17.6 Å². The van der Waals surface area contributed by atoms with Gasteiger partial charge in [0.05, 0.1) is 12.2 Å². The maximum Gasteiger partial charge on any atom is 0.338 e. The Bertz CT molecular complexity index is 650. The largest absolute Gasteiger partial charge is 0.508 e. The molecule has 2 rings (SSSR count). The van der Waals surface area contributed by atoms with E-state index >= 15 is 0 Å². The number of ether oxygens (including phenoxy) is 1. The van der Waals surface area contributed by atoms with Crippen LogP contribution in [-0.4, -0.2) is 23.6 Å². The summed E-state index contributed by atoms with van der Waals surface area (Å²) in [6.07, 6.45) is 0. The van der Waals surface area contributed by atoms with E-state index in [0.717, 1.165) is 0 Å². The quantitative estimate of drug-likeness (QED) is 0.847. The van der Waals surface area contributed by atoms with Gasteiger partial charge in [0.25, 0.3) is 5.91 Å². The molecule has 2 aromatic carbocycles. The number of phenols is 1. The third kappa shape index (κ3) is 3.82. The van der Waals surface area contributed by atoms with Gasteiger partial charge in [-0.15, -0.1) is 0 Å². The molecule has 108 valence electrons. The number of anilines is 1. The fourth-order valence-electron chi connectivity index (χ4n) is 1.75. The first-order valence-electron chi connectivity index (χ1n) is 6.47. The Labute approximate surface area is 122 Å². The minimum absolute atomic E-state index is 0.0281. The molecular weight excluding hydrogens is 270 g/mol. The molecule has 0 fully saturated rings. The van der Waals surface area contributed by atoms with E-state index < -0.39 is 5.97 Å². The molecule has 0 aliphatic heterocycles. The average molecular weight is 285 g/mol. The van der Waals surface area contributed by atoms with Gasteiger partial charge in [-0.1, -0.05) is 6.07 Å². The maximum atomic E-state index is 12.0. The van der Waals surface area contributed by atoms with Gasteiger partial charge in [-0.05, 0) is 49.4 Å². The maximum absolute atomic E-state index is 12.0. The second-order valence-corrected chi connectivity index (χ2v) is 4.30. The molecule has 0 bridgehead atoms. The van der Waals surface area contributed by atoms with Crippen molar-refractivity contribution < 1.29 is 19.4 Å². The summed E-state index contributed by atoms with van der Waals surface area (Å²) in [6.45, 7) is 2.05. The van der Waals surface area contributed by atoms with Crippen molar-refractivity contribution in [2.75, 3.05) is 11.9 Å². The summed E-state index contributed by atoms with van der Waals surface area (Å²) in [7, 11) is 0. The third-order valence-electron chi connectivity index (χ3n) is 2.76. The van der Waals surface area contributed by atoms with Crippen LogP contribution in [0.25, 0.3) is 0 Å². The van der Waals surface area contributed by atoms with Crippen LogP contribution in [0, 0.1) is 0 Å². The van der Waals surface area contributed by atoms with Crippen LogP contribution in [-0.2, 0) is 4.74 Å². The number of esters is 1. The number of nitrogens with one attached hydrogen (secondary N) is 1. The molecule has 0 heterocycles. The second kappa shape index (κ2) is 6.56. The van der Waals surface area contributed by atoms with Gasteiger partial charge in [0.1, 0.15) is 5.75 Å². The Balaban J connectivity index is 2.06. The molecule has 0 spiro atoms. The van der Waals surface area contributed by atoms with E-state index in [-0.39, 0.29) is 11.7 Å². The Morgan fingerprint density at radius 2 is 1.81 bits per heavy atom. The zero-order valence-corrected chi connectivity index (χ0v) is 11.5. The van der Waals surface area contributed by atoms with Crippen LogP contribution in [0.15, 0.2) is 48.5 Å².